The fourth-order valence-electron chi connectivity index (χ4n) is 1.33. The van der Waals surface area contributed by atoms with E-state index in [2.05, 4.69) is 39.9 Å². The molecule has 1 N–H and O–H groups in total. The van der Waals surface area contributed by atoms with Crippen LogP contribution in [0.1, 0.15) is 41.0 Å². The number of hydrogen-bond donors (Lipinski definition) is 1. The monoisotopic (exact) mass is 214 g/mol. The van der Waals surface area contributed by atoms with Crippen molar-refractivity contribution in [2.24, 2.45) is 10.9 Å². The van der Waals surface area contributed by atoms with Crippen molar-refractivity contribution in [1.82, 2.24) is 5.32 Å². The Kier molecular flexibility index (Phi) is 3.87. The lowest BCUT2D eigenvalue weighted by Crippen LogP contribution is -2.37. The van der Waals surface area contributed by atoms with Crippen LogP contribution in [0.4, 0.5) is 0 Å². The van der Waals surface area contributed by atoms with Gasteiger partial charge in [0.25, 0.3) is 0 Å². The van der Waals surface area contributed by atoms with Crippen LogP contribution >= 0.6 is 11.8 Å². The average molecular weight is 214 g/mol. The molecule has 1 heterocycles. The molecule has 3 heteroatoms. The molecule has 1 aliphatic heterocycles. The Morgan fingerprint density at radius 3 is 2.57 bits per heavy atom. The highest BCUT2D eigenvalue weighted by atomic mass is 32.2. The summed E-state index contributed by atoms with van der Waals surface area (Å²) in [6, 6.07) is 0.434. The van der Waals surface area contributed by atoms with Crippen LogP contribution in [-0.4, -0.2) is 22.5 Å². The van der Waals surface area contributed by atoms with Crippen LogP contribution in [0, 0.1) is 5.92 Å². The van der Waals surface area contributed by atoms with Gasteiger partial charge in [0.1, 0.15) is 0 Å². The van der Waals surface area contributed by atoms with Crippen LogP contribution in [0.3, 0.4) is 0 Å². The minimum absolute atomic E-state index is 0.221. The highest BCUT2D eigenvalue weighted by molar-refractivity contribution is 8.14. The predicted molar refractivity (Wildman–Crippen MR) is 66.0 cm³/mol. The molecule has 82 valence electrons. The Hall–Kier alpha value is -0.180. The molecular formula is C11H22N2S. The van der Waals surface area contributed by atoms with Crippen LogP contribution < -0.4 is 5.32 Å². The van der Waals surface area contributed by atoms with E-state index in [0.717, 1.165) is 10.9 Å². The number of hydrogen-bond acceptors (Lipinski definition) is 2. The molecule has 2 nitrogen and oxygen atoms in total. The maximum absolute atomic E-state index is 4.71. The summed E-state index contributed by atoms with van der Waals surface area (Å²) in [4.78, 5) is 4.71. The van der Waals surface area contributed by atoms with Gasteiger partial charge in [-0.3, -0.25) is 4.99 Å². The lowest BCUT2D eigenvalue weighted by molar-refractivity contribution is 0.468. The molecule has 0 aromatic heterocycles. The maximum atomic E-state index is 4.71. The van der Waals surface area contributed by atoms with Gasteiger partial charge < -0.3 is 5.32 Å². The SMILES string of the molecule is CCC(C)C(C)N=C1NC(C)(C)CS1. The van der Waals surface area contributed by atoms with Crippen LogP contribution in [-0.2, 0) is 0 Å². The van der Waals surface area contributed by atoms with E-state index in [1.165, 1.54) is 6.42 Å². The number of aliphatic imine (C=N–C) groups is 1. The second kappa shape index (κ2) is 4.56. The molecule has 0 aromatic rings. The van der Waals surface area contributed by atoms with Crippen molar-refractivity contribution < 1.29 is 0 Å². The first-order valence-electron chi connectivity index (χ1n) is 5.43. The summed E-state index contributed by atoms with van der Waals surface area (Å²) in [6.45, 7) is 11.1. The fraction of sp³-hybridized carbons (Fsp3) is 0.909. The molecule has 0 bridgehead atoms. The van der Waals surface area contributed by atoms with Gasteiger partial charge in [-0.15, -0.1) is 0 Å². The molecule has 1 fully saturated rings. The number of thioether (sulfide) groups is 1. The van der Waals surface area contributed by atoms with Crippen molar-refractivity contribution in [2.75, 3.05) is 5.75 Å². The summed E-state index contributed by atoms with van der Waals surface area (Å²) in [6.07, 6.45) is 1.20. The minimum atomic E-state index is 0.221. The Morgan fingerprint density at radius 2 is 2.14 bits per heavy atom. The standard InChI is InChI=1S/C11H22N2S/c1-6-8(2)9(3)12-10-13-11(4,5)7-14-10/h8-9H,6-7H2,1-5H3,(H,12,13). The Morgan fingerprint density at radius 1 is 1.50 bits per heavy atom. The van der Waals surface area contributed by atoms with E-state index in [1.807, 2.05) is 11.8 Å². The number of nitrogens with one attached hydrogen (secondary N) is 1. The van der Waals surface area contributed by atoms with E-state index >= 15 is 0 Å². The number of nitrogens with zero attached hydrogens (tertiary/aromatic N) is 1. The molecule has 1 rings (SSSR count). The summed E-state index contributed by atoms with van der Waals surface area (Å²) in [7, 11) is 0. The van der Waals surface area contributed by atoms with Gasteiger partial charge in [-0.1, -0.05) is 32.0 Å². The van der Waals surface area contributed by atoms with Gasteiger partial charge in [-0.25, -0.2) is 0 Å². The molecule has 0 radical (unpaired) electrons. The summed E-state index contributed by atoms with van der Waals surface area (Å²) in [5.41, 5.74) is 0.221. The van der Waals surface area contributed by atoms with Crippen LogP contribution in [0.2, 0.25) is 0 Å². The normalized spacial score (nSPS) is 27.4. The van der Waals surface area contributed by atoms with Gasteiger partial charge in [0.05, 0.1) is 6.04 Å². The fourth-order valence-corrected chi connectivity index (χ4v) is 2.49. The third kappa shape index (κ3) is 3.19. The first kappa shape index (κ1) is 11.9. The second-order valence-electron chi connectivity index (χ2n) is 4.86. The molecule has 1 saturated heterocycles. The molecule has 0 aromatic carbocycles. The topological polar surface area (TPSA) is 24.4 Å². The molecule has 0 amide bonds. The lowest BCUT2D eigenvalue weighted by Gasteiger charge is -2.18. The highest BCUT2D eigenvalue weighted by Gasteiger charge is 2.27. The molecule has 2 unspecified atom stereocenters. The second-order valence-corrected chi connectivity index (χ2v) is 5.82. The lowest BCUT2D eigenvalue weighted by atomic mass is 10.0. The molecule has 1 aliphatic rings. The summed E-state index contributed by atoms with van der Waals surface area (Å²) < 4.78 is 0. The van der Waals surface area contributed by atoms with E-state index in [9.17, 15) is 0 Å². The van der Waals surface area contributed by atoms with Crippen molar-refractivity contribution in [3.05, 3.63) is 0 Å². The van der Waals surface area contributed by atoms with E-state index in [-0.39, 0.29) is 5.54 Å². The zero-order valence-corrected chi connectivity index (χ0v) is 10.7. The van der Waals surface area contributed by atoms with Crippen molar-refractivity contribution >= 4 is 16.9 Å². The smallest absolute Gasteiger partial charge is 0.157 e. The first-order valence-corrected chi connectivity index (χ1v) is 6.42. The quantitative estimate of drug-likeness (QED) is 0.781. The summed E-state index contributed by atoms with van der Waals surface area (Å²) >= 11 is 1.84. The van der Waals surface area contributed by atoms with E-state index in [0.29, 0.717) is 12.0 Å². The molecule has 0 saturated carbocycles. The molecule has 0 aliphatic carbocycles. The first-order chi connectivity index (χ1) is 6.44. The third-order valence-corrected chi connectivity index (χ3v) is 4.15. The van der Waals surface area contributed by atoms with E-state index in [1.54, 1.807) is 0 Å². The zero-order chi connectivity index (χ0) is 10.8. The van der Waals surface area contributed by atoms with Crippen molar-refractivity contribution in [3.8, 4) is 0 Å². The van der Waals surface area contributed by atoms with Gasteiger partial charge in [0.2, 0.25) is 0 Å². The number of amidine groups is 1. The van der Waals surface area contributed by atoms with Crippen molar-refractivity contribution in [2.45, 2.75) is 52.6 Å². The predicted octanol–water partition coefficient (Wildman–Crippen LogP) is 2.89. The highest BCUT2D eigenvalue weighted by Crippen LogP contribution is 2.23. The van der Waals surface area contributed by atoms with Gasteiger partial charge in [-0.05, 0) is 26.7 Å². The van der Waals surface area contributed by atoms with Crippen molar-refractivity contribution in [3.63, 3.8) is 0 Å². The molecule has 14 heavy (non-hydrogen) atoms. The van der Waals surface area contributed by atoms with Gasteiger partial charge in [0.15, 0.2) is 5.17 Å². The van der Waals surface area contributed by atoms with E-state index < -0.39 is 0 Å². The van der Waals surface area contributed by atoms with Gasteiger partial charge in [0, 0.05) is 11.3 Å². The van der Waals surface area contributed by atoms with Crippen LogP contribution in [0.5, 0.6) is 0 Å². The molecule has 0 spiro atoms. The van der Waals surface area contributed by atoms with Crippen molar-refractivity contribution in [1.29, 1.82) is 0 Å². The average Bonchev–Trinajstić information content (AvgIpc) is 2.44. The van der Waals surface area contributed by atoms with Gasteiger partial charge >= 0.3 is 0 Å². The maximum Gasteiger partial charge on any atom is 0.157 e. The van der Waals surface area contributed by atoms with Gasteiger partial charge in [-0.2, -0.15) is 0 Å². The molecule has 2 atom stereocenters. The zero-order valence-electron chi connectivity index (χ0n) is 9.92. The van der Waals surface area contributed by atoms with E-state index in [4.69, 9.17) is 4.99 Å². The third-order valence-electron chi connectivity index (χ3n) is 2.80. The summed E-state index contributed by atoms with van der Waals surface area (Å²) in [5.74, 6) is 1.80. The Labute approximate surface area is 92.0 Å². The number of rotatable bonds is 3. The Bertz CT molecular complexity index is 223. The Balaban J connectivity index is 2.54. The van der Waals surface area contributed by atoms with Crippen LogP contribution in [0.25, 0.3) is 0 Å². The summed E-state index contributed by atoms with van der Waals surface area (Å²) in [5, 5.41) is 4.58. The van der Waals surface area contributed by atoms with Crippen LogP contribution in [0.15, 0.2) is 4.99 Å². The minimum Gasteiger partial charge on any atom is -0.359 e. The largest absolute Gasteiger partial charge is 0.359 e. The molecular weight excluding hydrogens is 192 g/mol.